The second-order valence-corrected chi connectivity index (χ2v) is 11.3. The van der Waals surface area contributed by atoms with Crippen LogP contribution in [0.2, 0.25) is 0 Å². The molecule has 3 aliphatic carbocycles. The number of allylic oxidation sites excluding steroid dienone is 4. The molecule has 37 heavy (non-hydrogen) atoms. The van der Waals surface area contributed by atoms with Crippen LogP contribution >= 0.6 is 0 Å². The number of aliphatic hydroxyl groups excluding tert-OH is 1. The van der Waals surface area contributed by atoms with E-state index in [0.29, 0.717) is 5.92 Å². The number of pyridine rings is 1. The van der Waals surface area contributed by atoms with Gasteiger partial charge in [0.2, 0.25) is 0 Å². The zero-order chi connectivity index (χ0) is 24.8. The van der Waals surface area contributed by atoms with Crippen molar-refractivity contribution >= 4 is 17.1 Å². The van der Waals surface area contributed by atoms with Crippen molar-refractivity contribution in [3.8, 4) is 5.75 Å². The molecular weight excluding hydrogens is 460 g/mol. The molecule has 5 aliphatic rings. The number of benzene rings is 1. The van der Waals surface area contributed by atoms with Gasteiger partial charge in [-0.2, -0.15) is 0 Å². The highest BCUT2D eigenvalue weighted by Crippen LogP contribution is 2.45. The van der Waals surface area contributed by atoms with Gasteiger partial charge in [-0.05, 0) is 86.8 Å². The molecule has 2 atom stereocenters. The van der Waals surface area contributed by atoms with Crippen molar-refractivity contribution in [2.24, 2.45) is 5.92 Å². The summed E-state index contributed by atoms with van der Waals surface area (Å²) in [7, 11) is 0. The van der Waals surface area contributed by atoms with Crippen molar-refractivity contribution in [1.29, 1.82) is 0 Å². The summed E-state index contributed by atoms with van der Waals surface area (Å²) in [5.41, 5.74) is 7.95. The number of hydrogen-bond donors (Lipinski definition) is 3. The van der Waals surface area contributed by atoms with Crippen molar-refractivity contribution in [1.82, 2.24) is 10.3 Å². The molecule has 0 saturated heterocycles. The summed E-state index contributed by atoms with van der Waals surface area (Å²) < 4.78 is 6.86. The van der Waals surface area contributed by atoms with E-state index < -0.39 is 6.10 Å². The van der Waals surface area contributed by atoms with Gasteiger partial charge in [-0.1, -0.05) is 18.6 Å². The lowest BCUT2D eigenvalue weighted by molar-refractivity contribution is 0.0286. The summed E-state index contributed by atoms with van der Waals surface area (Å²) >= 11 is 0. The molecule has 1 saturated carbocycles. The monoisotopic (exact) mass is 496 g/mol. The van der Waals surface area contributed by atoms with Gasteiger partial charge in [0.25, 0.3) is 0 Å². The van der Waals surface area contributed by atoms with Crippen LogP contribution in [0.5, 0.6) is 5.75 Å². The number of ether oxygens (including phenoxy) is 1. The maximum Gasteiger partial charge on any atom is 0.145 e. The molecule has 192 valence electrons. The van der Waals surface area contributed by atoms with Crippen molar-refractivity contribution in [2.75, 3.05) is 23.3 Å². The summed E-state index contributed by atoms with van der Waals surface area (Å²) in [5, 5.41) is 17.4. The Morgan fingerprint density at radius 2 is 2.11 bits per heavy atom. The third-order valence-corrected chi connectivity index (χ3v) is 8.92. The molecule has 3 N–H and O–H groups in total. The number of aliphatic hydroxyl groups is 1. The van der Waals surface area contributed by atoms with Crippen LogP contribution in [0.4, 0.5) is 17.1 Å². The fourth-order valence-corrected chi connectivity index (χ4v) is 6.95. The van der Waals surface area contributed by atoms with E-state index in [2.05, 4.69) is 63.1 Å². The number of anilines is 3. The minimum atomic E-state index is -0.454. The maximum absolute atomic E-state index is 10.3. The highest BCUT2D eigenvalue weighted by molar-refractivity contribution is 5.72. The van der Waals surface area contributed by atoms with Crippen LogP contribution in [0.15, 0.2) is 66.2 Å². The van der Waals surface area contributed by atoms with Gasteiger partial charge in [-0.3, -0.25) is 4.98 Å². The number of fused-ring (bicyclic) bond motifs is 3. The molecule has 7 rings (SSSR count). The van der Waals surface area contributed by atoms with E-state index in [4.69, 9.17) is 4.74 Å². The van der Waals surface area contributed by atoms with E-state index in [9.17, 15) is 5.11 Å². The molecule has 1 fully saturated rings. The van der Waals surface area contributed by atoms with Gasteiger partial charge in [0, 0.05) is 48.0 Å². The molecule has 1 spiro atoms. The Hall–Kier alpha value is -3.25. The molecule has 2 aliphatic heterocycles. The first-order chi connectivity index (χ1) is 18.2. The summed E-state index contributed by atoms with van der Waals surface area (Å²) in [6.07, 6.45) is 20.0. The molecule has 1 aromatic carbocycles. The number of nitrogens with zero attached hydrogens (tertiary/aromatic N) is 2. The van der Waals surface area contributed by atoms with Crippen LogP contribution in [0.3, 0.4) is 0 Å². The molecule has 6 nitrogen and oxygen atoms in total. The molecule has 0 bridgehead atoms. The number of hydrogen-bond acceptors (Lipinski definition) is 6. The van der Waals surface area contributed by atoms with Gasteiger partial charge in [0.15, 0.2) is 0 Å². The van der Waals surface area contributed by atoms with Crippen LogP contribution in [-0.2, 0) is 6.42 Å². The third-order valence-electron chi connectivity index (χ3n) is 8.92. The fourth-order valence-electron chi connectivity index (χ4n) is 6.95. The van der Waals surface area contributed by atoms with Crippen LogP contribution < -0.4 is 20.3 Å². The lowest BCUT2D eigenvalue weighted by atomic mass is 9.83. The summed E-state index contributed by atoms with van der Waals surface area (Å²) in [5.74, 6) is 1.50. The maximum atomic E-state index is 10.3. The van der Waals surface area contributed by atoms with Crippen LogP contribution in [0.1, 0.15) is 68.7 Å². The van der Waals surface area contributed by atoms with Crippen LogP contribution in [0.25, 0.3) is 0 Å². The largest absolute Gasteiger partial charge is 0.483 e. The highest BCUT2D eigenvalue weighted by Gasteiger charge is 2.41. The van der Waals surface area contributed by atoms with Gasteiger partial charge < -0.3 is 25.4 Å². The Kier molecular flexibility index (Phi) is 5.73. The van der Waals surface area contributed by atoms with Gasteiger partial charge in [-0.15, -0.1) is 0 Å². The lowest BCUT2D eigenvalue weighted by Gasteiger charge is -2.47. The Labute approximate surface area is 219 Å². The molecule has 2 aromatic rings. The minimum Gasteiger partial charge on any atom is -0.483 e. The Morgan fingerprint density at radius 1 is 1.19 bits per heavy atom. The first kappa shape index (κ1) is 22.9. The number of rotatable bonds is 5. The molecule has 0 radical (unpaired) electrons. The normalized spacial score (nSPS) is 24.9. The van der Waals surface area contributed by atoms with Crippen LogP contribution in [0, 0.1) is 5.92 Å². The molecule has 1 aromatic heterocycles. The molecular formula is C31H36N4O2. The average molecular weight is 497 g/mol. The van der Waals surface area contributed by atoms with E-state index in [1.807, 2.05) is 6.07 Å². The molecule has 0 amide bonds. The lowest BCUT2D eigenvalue weighted by Crippen LogP contribution is -2.52. The molecule has 3 heterocycles. The van der Waals surface area contributed by atoms with E-state index in [1.54, 1.807) is 6.20 Å². The van der Waals surface area contributed by atoms with E-state index in [0.717, 1.165) is 80.0 Å². The van der Waals surface area contributed by atoms with Crippen LogP contribution in [-0.4, -0.2) is 28.8 Å². The van der Waals surface area contributed by atoms with Gasteiger partial charge in [0.05, 0.1) is 24.0 Å². The average Bonchev–Trinajstić information content (AvgIpc) is 3.51. The number of aromatic nitrogens is 1. The first-order valence-corrected chi connectivity index (χ1v) is 14.0. The van der Waals surface area contributed by atoms with E-state index in [1.165, 1.54) is 36.2 Å². The summed E-state index contributed by atoms with van der Waals surface area (Å²) in [4.78, 5) is 7.00. The first-order valence-electron chi connectivity index (χ1n) is 14.0. The standard InChI is InChI=1S/C31H36N4O2/c36-28-11-9-24-26(12-16-32-30(24)28)34-22-8-10-27-29(18-22)37-31(14-4-1-5-15-31)20-35(27)17-13-21-19-33-25-7-3-2-6-23(21)25/h2-3,7-8,10,12,16,18-19,23,28,33,36H,1,4-6,9,11,13-15,17,20H2,(H,32,34). The third kappa shape index (κ3) is 4.21. The SMILES string of the molecule is OC1CCc2c(Nc3ccc4c(c3)OC3(CCCCC3)CN4CCC3=CNC4=CC=CCC34)ccnc21. The zero-order valence-electron chi connectivity index (χ0n) is 21.4. The number of nitrogens with one attached hydrogen (secondary N) is 2. The van der Waals surface area contributed by atoms with E-state index >= 15 is 0 Å². The predicted molar refractivity (Wildman–Crippen MR) is 147 cm³/mol. The van der Waals surface area contributed by atoms with Gasteiger partial charge in [0.1, 0.15) is 11.4 Å². The fraction of sp³-hybridized carbons (Fsp3) is 0.452. The molecule has 6 heteroatoms. The van der Waals surface area contributed by atoms with Gasteiger partial charge in [-0.25, -0.2) is 0 Å². The summed E-state index contributed by atoms with van der Waals surface area (Å²) in [6, 6.07) is 8.58. The van der Waals surface area contributed by atoms with Crippen molar-refractivity contribution in [2.45, 2.75) is 69.5 Å². The summed E-state index contributed by atoms with van der Waals surface area (Å²) in [6.45, 7) is 1.97. The second kappa shape index (κ2) is 9.25. The molecule has 2 unspecified atom stereocenters. The van der Waals surface area contributed by atoms with E-state index in [-0.39, 0.29) is 5.60 Å². The second-order valence-electron chi connectivity index (χ2n) is 11.3. The Balaban J connectivity index is 1.15. The van der Waals surface area contributed by atoms with Crippen molar-refractivity contribution < 1.29 is 9.84 Å². The smallest absolute Gasteiger partial charge is 0.145 e. The minimum absolute atomic E-state index is 0.0904. The quantitative estimate of drug-likeness (QED) is 0.469. The topological polar surface area (TPSA) is 69.7 Å². The zero-order valence-corrected chi connectivity index (χ0v) is 21.4. The Bertz CT molecular complexity index is 1290. The highest BCUT2D eigenvalue weighted by atomic mass is 16.5. The van der Waals surface area contributed by atoms with Crippen molar-refractivity contribution in [3.05, 3.63) is 77.4 Å². The van der Waals surface area contributed by atoms with Gasteiger partial charge >= 0.3 is 0 Å². The Morgan fingerprint density at radius 3 is 3.03 bits per heavy atom. The predicted octanol–water partition coefficient (Wildman–Crippen LogP) is 6.04. The van der Waals surface area contributed by atoms with Crippen molar-refractivity contribution in [3.63, 3.8) is 0 Å².